The molecule has 5 heavy (non-hydrogen) atoms. The van der Waals surface area contributed by atoms with Gasteiger partial charge >= 0.3 is 73.7 Å². The molecule has 0 bridgehead atoms. The second-order valence-corrected chi connectivity index (χ2v) is 0. The summed E-state index contributed by atoms with van der Waals surface area (Å²) in [5.41, 5.74) is 0. The molecule has 0 nitrogen and oxygen atoms in total. The van der Waals surface area contributed by atoms with Crippen LogP contribution in [0.1, 0.15) is 0 Å². The van der Waals surface area contributed by atoms with Gasteiger partial charge in [-0.3, -0.25) is 0 Å². The third kappa shape index (κ3) is 20.2. The minimum absolute atomic E-state index is 0. The average molecular weight is 332 g/mol. The summed E-state index contributed by atoms with van der Waals surface area (Å²) in [5.74, 6) is 0. The molecule has 0 atom stereocenters. The van der Waals surface area contributed by atoms with Gasteiger partial charge in [0.05, 0.1) is 0 Å². The molecule has 0 aromatic rings. The standard InChI is InChI=1S/3AsH2.Ga.P/h3*1H2;;/q3*-1;+3;. The largest absolute Gasteiger partial charge is 3.00 e. The smallest absolute Gasteiger partial charge is 0 e. The predicted octanol–water partition coefficient (Wildman–Crippen LogP) is -2.27. The molecule has 0 aliphatic carbocycles. The van der Waals surface area contributed by atoms with Crippen molar-refractivity contribution in [2.45, 2.75) is 0 Å². The zero-order valence-corrected chi connectivity index (χ0v) is 13.3. The summed E-state index contributed by atoms with van der Waals surface area (Å²) in [4.78, 5) is 0. The Hall–Kier alpha value is 2.74. The van der Waals surface area contributed by atoms with Crippen molar-refractivity contribution < 1.29 is 0 Å². The number of hydrogen-bond acceptors (Lipinski definition) is 0. The van der Waals surface area contributed by atoms with Crippen LogP contribution in [0.4, 0.5) is 0 Å². The fourth-order valence-corrected chi connectivity index (χ4v) is 0. The molecule has 3 radical (unpaired) electrons. The van der Waals surface area contributed by atoms with Crippen molar-refractivity contribution >= 4 is 83.5 Å². The van der Waals surface area contributed by atoms with E-state index in [0.717, 1.165) is 0 Å². The Morgan fingerprint density at radius 3 is 0.600 bits per heavy atom. The van der Waals surface area contributed by atoms with Crippen molar-refractivity contribution in [1.29, 1.82) is 0 Å². The summed E-state index contributed by atoms with van der Waals surface area (Å²) in [6.07, 6.45) is 0. The van der Waals surface area contributed by atoms with Crippen LogP contribution < -0.4 is 0 Å². The van der Waals surface area contributed by atoms with Crippen molar-refractivity contribution in [1.82, 2.24) is 0 Å². The molecule has 0 aliphatic heterocycles. The van der Waals surface area contributed by atoms with Crippen LogP contribution in [0.15, 0.2) is 0 Å². The van der Waals surface area contributed by atoms with E-state index in [2.05, 4.69) is 0 Å². The van der Waals surface area contributed by atoms with Gasteiger partial charge in [0.25, 0.3) is 0 Å². The van der Waals surface area contributed by atoms with Gasteiger partial charge in [-0.1, -0.05) is 0 Å². The quantitative estimate of drug-likeness (QED) is 0.347. The molecule has 0 aromatic heterocycles. The summed E-state index contributed by atoms with van der Waals surface area (Å²) >= 11 is 0. The van der Waals surface area contributed by atoms with Crippen LogP contribution in [0.5, 0.6) is 0 Å². The maximum Gasteiger partial charge on any atom is 3.00 e. The van der Waals surface area contributed by atoms with Gasteiger partial charge in [-0.05, 0) is 0 Å². The SMILES string of the molecule is [AsH2-].[AsH2-].[AsH2-].[Ga+3].[P]. The number of hydrogen-bond donors (Lipinski definition) is 0. The Morgan fingerprint density at radius 1 is 0.600 bits per heavy atom. The molecule has 5 heteroatoms. The van der Waals surface area contributed by atoms with Gasteiger partial charge in [-0.2, -0.15) is 0 Å². The van der Waals surface area contributed by atoms with Crippen LogP contribution in [0.25, 0.3) is 0 Å². The normalized spacial score (nSPS) is 0. The first-order valence-electron chi connectivity index (χ1n) is 0. The van der Waals surface area contributed by atoms with Crippen LogP contribution in [-0.4, -0.2) is 73.7 Å². The summed E-state index contributed by atoms with van der Waals surface area (Å²) in [5, 5.41) is 0. The van der Waals surface area contributed by atoms with E-state index in [0.29, 0.717) is 0 Å². The Labute approximate surface area is 82.6 Å². The molecule has 0 saturated carbocycles. The Morgan fingerprint density at radius 2 is 0.600 bits per heavy atom. The van der Waals surface area contributed by atoms with Crippen molar-refractivity contribution in [3.05, 3.63) is 0 Å². The molecule has 0 aliphatic rings. The first-order chi connectivity index (χ1) is 0. The average Bonchev–Trinajstić information content (AvgIpc) is 0. The zero-order valence-electron chi connectivity index (χ0n) is 2.76. The van der Waals surface area contributed by atoms with Crippen LogP contribution in [0.3, 0.4) is 0 Å². The molecule has 0 aromatic carbocycles. The van der Waals surface area contributed by atoms with Gasteiger partial charge in [-0.25, -0.2) is 0 Å². The molecule has 0 fully saturated rings. The molecular formula is H6As3GaP. The number of rotatable bonds is 0. The first-order valence-corrected chi connectivity index (χ1v) is 0. The molecule has 0 rings (SSSR count). The molecule has 0 amide bonds. The van der Waals surface area contributed by atoms with Gasteiger partial charge in [-0.15, -0.1) is 0 Å². The van der Waals surface area contributed by atoms with Crippen LogP contribution in [0, 0.1) is 0 Å². The molecule has 0 heterocycles. The van der Waals surface area contributed by atoms with Gasteiger partial charge in [0.1, 0.15) is 0 Å². The van der Waals surface area contributed by atoms with Crippen molar-refractivity contribution in [2.24, 2.45) is 0 Å². The molecule has 0 N–H and O–H groups in total. The maximum atomic E-state index is 0. The molecule has 29 valence electrons. The fourth-order valence-electron chi connectivity index (χ4n) is 0. The minimum Gasteiger partial charge on any atom is 0 e. The van der Waals surface area contributed by atoms with Crippen LogP contribution in [-0.2, 0) is 0 Å². The van der Waals surface area contributed by atoms with Crippen molar-refractivity contribution in [2.75, 3.05) is 0 Å². The monoisotopic (exact) mass is 331 g/mol. The maximum absolute atomic E-state index is 0. The second kappa shape index (κ2) is 29.6. The van der Waals surface area contributed by atoms with E-state index >= 15 is 0 Å². The summed E-state index contributed by atoms with van der Waals surface area (Å²) in [6.45, 7) is 0. The van der Waals surface area contributed by atoms with E-state index in [-0.39, 0.29) is 83.5 Å². The third-order valence-electron chi connectivity index (χ3n) is 0. The third-order valence-corrected chi connectivity index (χ3v) is 0. The Kier molecular flexibility index (Phi) is 277. The van der Waals surface area contributed by atoms with Crippen molar-refractivity contribution in [3.63, 3.8) is 0 Å². The molecule has 0 saturated heterocycles. The van der Waals surface area contributed by atoms with Gasteiger partial charge in [0.15, 0.2) is 0 Å². The van der Waals surface area contributed by atoms with E-state index in [1.807, 2.05) is 0 Å². The van der Waals surface area contributed by atoms with Crippen molar-refractivity contribution in [3.8, 4) is 0 Å². The van der Waals surface area contributed by atoms with E-state index < -0.39 is 0 Å². The summed E-state index contributed by atoms with van der Waals surface area (Å²) < 4.78 is 0. The van der Waals surface area contributed by atoms with Crippen LogP contribution in [0.2, 0.25) is 0 Å². The zero-order chi connectivity index (χ0) is 0. The van der Waals surface area contributed by atoms with E-state index in [1.165, 1.54) is 0 Å². The fraction of sp³-hybridized carbons (Fsp3) is 0. The van der Waals surface area contributed by atoms with E-state index in [9.17, 15) is 0 Å². The van der Waals surface area contributed by atoms with Gasteiger partial charge < -0.3 is 0 Å². The molecule has 0 spiro atoms. The van der Waals surface area contributed by atoms with Gasteiger partial charge in [0, 0.05) is 9.90 Å². The first kappa shape index (κ1) is 46.8. The topological polar surface area (TPSA) is 0 Å². The molecular weight excluding hydrogens is 325 g/mol. The van der Waals surface area contributed by atoms with Crippen LogP contribution >= 0.6 is 9.90 Å². The minimum atomic E-state index is 0. The second-order valence-electron chi connectivity index (χ2n) is 0. The summed E-state index contributed by atoms with van der Waals surface area (Å²) in [6, 6.07) is 0. The Bertz CT molecular complexity index is 6.85. The van der Waals surface area contributed by atoms with E-state index in [1.54, 1.807) is 0 Å². The predicted molar refractivity (Wildman–Crippen MR) is 38.3 cm³/mol. The Balaban J connectivity index is 0. The summed E-state index contributed by atoms with van der Waals surface area (Å²) in [7, 11) is 0. The van der Waals surface area contributed by atoms with Gasteiger partial charge in [0.2, 0.25) is 0 Å². The molecule has 0 unspecified atom stereocenters. The van der Waals surface area contributed by atoms with E-state index in [4.69, 9.17) is 0 Å².